The number of aromatic nitrogens is 6. The SMILES string of the molecule is CC(C)c1ccccc1-n1c(Sc2ncc([N+](=O)[O-])cn2)nnc1-c1cccnc1. The van der Waals surface area contributed by atoms with Gasteiger partial charge in [0.2, 0.25) is 5.16 Å². The Morgan fingerprint density at radius 1 is 1.03 bits per heavy atom. The van der Waals surface area contributed by atoms with Crippen LogP contribution in [0.4, 0.5) is 5.69 Å². The van der Waals surface area contributed by atoms with Gasteiger partial charge < -0.3 is 0 Å². The van der Waals surface area contributed by atoms with E-state index in [1.54, 1.807) is 12.4 Å². The first-order valence-corrected chi connectivity index (χ1v) is 9.95. The maximum absolute atomic E-state index is 10.9. The summed E-state index contributed by atoms with van der Waals surface area (Å²) < 4.78 is 1.95. The topological polar surface area (TPSA) is 113 Å². The standard InChI is InChI=1S/C20H17N7O2S/c1-13(2)16-7-3-4-8-17(16)26-18(14-6-5-9-21-10-14)24-25-20(26)30-19-22-11-15(12-23-19)27(28)29/h3-13H,1-2H3. The summed E-state index contributed by atoms with van der Waals surface area (Å²) in [5, 5.41) is 20.5. The van der Waals surface area contributed by atoms with Crippen molar-refractivity contribution >= 4 is 17.4 Å². The zero-order valence-electron chi connectivity index (χ0n) is 16.2. The molecule has 4 aromatic rings. The van der Waals surface area contributed by atoms with Gasteiger partial charge in [-0.1, -0.05) is 32.0 Å². The second-order valence-corrected chi connectivity index (χ2v) is 7.61. The maximum atomic E-state index is 10.9. The highest BCUT2D eigenvalue weighted by atomic mass is 32.2. The number of para-hydroxylation sites is 1. The first-order chi connectivity index (χ1) is 14.5. The smallest absolute Gasteiger partial charge is 0.269 e. The summed E-state index contributed by atoms with van der Waals surface area (Å²) in [5.41, 5.74) is 2.73. The quantitative estimate of drug-likeness (QED) is 0.258. The van der Waals surface area contributed by atoms with Crippen LogP contribution >= 0.6 is 11.8 Å². The molecule has 0 fully saturated rings. The lowest BCUT2D eigenvalue weighted by molar-refractivity contribution is -0.385. The number of hydrogen-bond donors (Lipinski definition) is 0. The average molecular weight is 419 g/mol. The predicted octanol–water partition coefficient (Wildman–Crippen LogP) is 4.30. The van der Waals surface area contributed by atoms with E-state index in [1.807, 2.05) is 34.9 Å². The van der Waals surface area contributed by atoms with Gasteiger partial charge >= 0.3 is 5.69 Å². The Hall–Kier alpha value is -3.66. The Labute approximate surface area is 176 Å². The van der Waals surface area contributed by atoms with Crippen LogP contribution in [-0.4, -0.2) is 34.6 Å². The van der Waals surface area contributed by atoms with E-state index in [9.17, 15) is 10.1 Å². The van der Waals surface area contributed by atoms with Crippen molar-refractivity contribution in [2.75, 3.05) is 0 Å². The Morgan fingerprint density at radius 2 is 1.80 bits per heavy atom. The molecule has 3 aromatic heterocycles. The molecule has 0 unspecified atom stereocenters. The fraction of sp³-hybridized carbons (Fsp3) is 0.150. The molecule has 0 saturated heterocycles. The van der Waals surface area contributed by atoms with Crippen LogP contribution in [0.15, 0.2) is 71.5 Å². The molecule has 0 bridgehead atoms. The highest BCUT2D eigenvalue weighted by molar-refractivity contribution is 7.99. The molecule has 0 aliphatic rings. The molecular formula is C20H17N7O2S. The number of rotatable bonds is 6. The summed E-state index contributed by atoms with van der Waals surface area (Å²) >= 11 is 1.19. The van der Waals surface area contributed by atoms with Crippen molar-refractivity contribution in [2.24, 2.45) is 0 Å². The van der Waals surface area contributed by atoms with Crippen molar-refractivity contribution < 1.29 is 4.92 Å². The van der Waals surface area contributed by atoms with Gasteiger partial charge in [-0.2, -0.15) is 0 Å². The van der Waals surface area contributed by atoms with Gasteiger partial charge in [0.15, 0.2) is 11.0 Å². The van der Waals surface area contributed by atoms with Gasteiger partial charge in [-0.25, -0.2) is 9.97 Å². The summed E-state index contributed by atoms with van der Waals surface area (Å²) in [6, 6.07) is 11.8. The predicted molar refractivity (Wildman–Crippen MR) is 111 cm³/mol. The van der Waals surface area contributed by atoms with Gasteiger partial charge in [-0.05, 0) is 41.4 Å². The second kappa shape index (κ2) is 8.37. The van der Waals surface area contributed by atoms with Crippen molar-refractivity contribution in [3.8, 4) is 17.1 Å². The normalized spacial score (nSPS) is 11.0. The van der Waals surface area contributed by atoms with Crippen molar-refractivity contribution in [1.29, 1.82) is 0 Å². The van der Waals surface area contributed by atoms with Crippen molar-refractivity contribution in [1.82, 2.24) is 29.7 Å². The van der Waals surface area contributed by atoms with Crippen LogP contribution in [0.2, 0.25) is 0 Å². The lowest BCUT2D eigenvalue weighted by Crippen LogP contribution is -2.05. The fourth-order valence-electron chi connectivity index (χ4n) is 2.95. The third-order valence-electron chi connectivity index (χ3n) is 4.36. The van der Waals surface area contributed by atoms with Gasteiger partial charge in [-0.3, -0.25) is 19.7 Å². The van der Waals surface area contributed by atoms with Crippen molar-refractivity contribution in [3.05, 3.63) is 76.9 Å². The summed E-state index contributed by atoms with van der Waals surface area (Å²) in [6.45, 7) is 4.25. The van der Waals surface area contributed by atoms with Crippen LogP contribution in [0.3, 0.4) is 0 Å². The molecule has 0 saturated carbocycles. The Morgan fingerprint density at radius 3 is 2.47 bits per heavy atom. The molecule has 0 atom stereocenters. The Bertz CT molecular complexity index is 1180. The van der Waals surface area contributed by atoms with E-state index < -0.39 is 4.92 Å². The third-order valence-corrected chi connectivity index (χ3v) is 5.20. The van der Waals surface area contributed by atoms with E-state index in [-0.39, 0.29) is 11.6 Å². The third kappa shape index (κ3) is 3.90. The van der Waals surface area contributed by atoms with Crippen molar-refractivity contribution in [2.45, 2.75) is 30.1 Å². The van der Waals surface area contributed by atoms with Gasteiger partial charge in [0.1, 0.15) is 12.4 Å². The van der Waals surface area contributed by atoms with Crippen LogP contribution in [-0.2, 0) is 0 Å². The van der Waals surface area contributed by atoms with Crippen LogP contribution in [0.1, 0.15) is 25.3 Å². The molecule has 3 heterocycles. The van der Waals surface area contributed by atoms with E-state index in [0.29, 0.717) is 16.1 Å². The molecule has 0 aliphatic carbocycles. The van der Waals surface area contributed by atoms with Crippen LogP contribution in [0, 0.1) is 10.1 Å². The average Bonchev–Trinajstić information content (AvgIpc) is 3.18. The highest BCUT2D eigenvalue weighted by Gasteiger charge is 2.21. The van der Waals surface area contributed by atoms with Gasteiger partial charge in [0, 0.05) is 18.0 Å². The molecule has 1 aromatic carbocycles. The Kier molecular flexibility index (Phi) is 5.48. The molecule has 4 rings (SSSR count). The second-order valence-electron chi connectivity index (χ2n) is 6.68. The molecule has 0 N–H and O–H groups in total. The van der Waals surface area contributed by atoms with E-state index in [0.717, 1.165) is 16.8 Å². The monoisotopic (exact) mass is 419 g/mol. The fourth-order valence-corrected chi connectivity index (χ4v) is 3.68. The summed E-state index contributed by atoms with van der Waals surface area (Å²) in [5.74, 6) is 0.916. The summed E-state index contributed by atoms with van der Waals surface area (Å²) in [4.78, 5) is 22.7. The lowest BCUT2D eigenvalue weighted by atomic mass is 10.0. The summed E-state index contributed by atoms with van der Waals surface area (Å²) in [7, 11) is 0. The minimum Gasteiger partial charge on any atom is -0.269 e. The van der Waals surface area contributed by atoms with Gasteiger partial charge in [0.05, 0.1) is 10.6 Å². The first kappa shape index (κ1) is 19.6. The molecule has 9 nitrogen and oxygen atoms in total. The number of nitro groups is 1. The molecule has 30 heavy (non-hydrogen) atoms. The maximum Gasteiger partial charge on any atom is 0.305 e. The molecule has 0 radical (unpaired) electrons. The molecule has 0 aliphatic heterocycles. The van der Waals surface area contributed by atoms with E-state index in [2.05, 4.69) is 45.1 Å². The molecule has 0 spiro atoms. The zero-order valence-corrected chi connectivity index (χ0v) is 17.0. The molecule has 10 heteroatoms. The number of pyridine rings is 1. The van der Waals surface area contributed by atoms with E-state index >= 15 is 0 Å². The van der Waals surface area contributed by atoms with E-state index in [4.69, 9.17) is 0 Å². The van der Waals surface area contributed by atoms with Crippen LogP contribution < -0.4 is 0 Å². The molecule has 0 amide bonds. The lowest BCUT2D eigenvalue weighted by Gasteiger charge is -2.16. The Balaban J connectivity index is 1.84. The molecular weight excluding hydrogens is 402 g/mol. The highest BCUT2D eigenvalue weighted by Crippen LogP contribution is 2.33. The number of nitrogens with zero attached hydrogens (tertiary/aromatic N) is 7. The largest absolute Gasteiger partial charge is 0.305 e. The summed E-state index contributed by atoms with van der Waals surface area (Å²) in [6.07, 6.45) is 5.79. The van der Waals surface area contributed by atoms with Gasteiger partial charge in [-0.15, -0.1) is 10.2 Å². The van der Waals surface area contributed by atoms with Crippen LogP contribution in [0.5, 0.6) is 0 Å². The zero-order chi connectivity index (χ0) is 21.1. The van der Waals surface area contributed by atoms with Crippen LogP contribution in [0.25, 0.3) is 17.1 Å². The van der Waals surface area contributed by atoms with Gasteiger partial charge in [0.25, 0.3) is 0 Å². The number of benzene rings is 1. The van der Waals surface area contributed by atoms with Crippen molar-refractivity contribution in [3.63, 3.8) is 0 Å². The number of hydrogen-bond acceptors (Lipinski definition) is 8. The first-order valence-electron chi connectivity index (χ1n) is 9.14. The van der Waals surface area contributed by atoms with E-state index in [1.165, 1.54) is 24.2 Å². The molecule has 150 valence electrons. The minimum absolute atomic E-state index is 0.165. The minimum atomic E-state index is -0.531.